The zero-order valence-corrected chi connectivity index (χ0v) is 23.1. The molecule has 0 aromatic rings. The Bertz CT molecular complexity index is 967. The molecule has 2 aliphatic rings. The van der Waals surface area contributed by atoms with E-state index in [-0.39, 0.29) is 24.3 Å². The molecule has 0 aliphatic carbocycles. The summed E-state index contributed by atoms with van der Waals surface area (Å²) in [4.78, 5) is 65.4. The van der Waals surface area contributed by atoms with Gasteiger partial charge in [-0.3, -0.25) is 19.2 Å². The molecule has 1 fully saturated rings. The second-order valence-electron chi connectivity index (χ2n) is 9.91. The van der Waals surface area contributed by atoms with E-state index in [1.165, 1.54) is 19.1 Å². The van der Waals surface area contributed by atoms with E-state index in [0.717, 1.165) is 0 Å². The largest absolute Gasteiger partial charge is 0.614 e. The van der Waals surface area contributed by atoms with Gasteiger partial charge in [-0.15, -0.1) is 0 Å². The van der Waals surface area contributed by atoms with Crippen LogP contribution in [0.25, 0.3) is 0 Å². The highest BCUT2D eigenvalue weighted by Crippen LogP contribution is 2.15. The minimum Gasteiger partial charge on any atom is -0.614 e. The Hall–Kier alpha value is -2.90. The number of fused-ring (bicyclic) bond motifs is 7. The van der Waals surface area contributed by atoms with Crippen molar-refractivity contribution in [3.63, 3.8) is 0 Å². The molecule has 13 heteroatoms. The van der Waals surface area contributed by atoms with Crippen LogP contribution in [0.3, 0.4) is 0 Å². The molecule has 0 aromatic carbocycles. The summed E-state index contributed by atoms with van der Waals surface area (Å²) in [5.41, 5.74) is -1.65. The van der Waals surface area contributed by atoms with E-state index in [2.05, 4.69) is 21.3 Å². The van der Waals surface area contributed by atoms with E-state index >= 15 is 0 Å². The normalized spacial score (nSPS) is 32.7. The van der Waals surface area contributed by atoms with Gasteiger partial charge in [-0.2, -0.15) is 0 Å². The number of allylic oxidation sites excluding steroid dienone is 2. The number of carbonyl (C=O) groups excluding carboxylic acids is 5. The first-order valence-corrected chi connectivity index (χ1v) is 14.0. The van der Waals surface area contributed by atoms with Gasteiger partial charge in [0.1, 0.15) is 35.7 Å². The van der Waals surface area contributed by atoms with Gasteiger partial charge in [0.25, 0.3) is 5.91 Å². The third-order valence-electron chi connectivity index (χ3n) is 6.13. The van der Waals surface area contributed by atoms with Crippen molar-refractivity contribution >= 4 is 40.8 Å². The molecule has 12 nitrogen and oxygen atoms in total. The zero-order chi connectivity index (χ0) is 28.6. The molecule has 38 heavy (non-hydrogen) atoms. The predicted molar refractivity (Wildman–Crippen MR) is 139 cm³/mol. The maximum absolute atomic E-state index is 13.2. The molecule has 2 aliphatic heterocycles. The monoisotopic (exact) mass is 554 g/mol. The average Bonchev–Trinajstić information content (AvgIpc) is 2.84. The topological polar surface area (TPSA) is 186 Å². The van der Waals surface area contributed by atoms with Gasteiger partial charge in [-0.1, -0.05) is 39.8 Å². The summed E-state index contributed by atoms with van der Waals surface area (Å²) in [6.07, 6.45) is 2.86. The molecule has 2 rings (SSSR count). The van der Waals surface area contributed by atoms with Crippen molar-refractivity contribution in [2.24, 2.45) is 11.8 Å². The van der Waals surface area contributed by atoms with E-state index in [1.54, 1.807) is 33.8 Å². The van der Waals surface area contributed by atoms with E-state index < -0.39 is 88.7 Å². The number of rotatable bonds is 2. The van der Waals surface area contributed by atoms with Gasteiger partial charge < -0.3 is 35.7 Å². The van der Waals surface area contributed by atoms with Gasteiger partial charge in [-0.05, 0) is 36.0 Å². The van der Waals surface area contributed by atoms with Crippen molar-refractivity contribution in [3.8, 4) is 0 Å². The molecule has 0 saturated carbocycles. The van der Waals surface area contributed by atoms with Crippen LogP contribution < -0.4 is 21.3 Å². The van der Waals surface area contributed by atoms with Crippen LogP contribution in [0.5, 0.6) is 0 Å². The first-order valence-electron chi connectivity index (χ1n) is 12.6. The van der Waals surface area contributed by atoms with Crippen molar-refractivity contribution in [1.29, 1.82) is 0 Å². The van der Waals surface area contributed by atoms with Crippen LogP contribution >= 0.6 is 0 Å². The molecule has 0 radical (unpaired) electrons. The fraction of sp³-hybridized carbons (Fsp3) is 0.640. The number of carbonyl (C=O) groups is 5. The number of amides is 4. The third kappa shape index (κ3) is 8.84. The van der Waals surface area contributed by atoms with Crippen molar-refractivity contribution in [3.05, 3.63) is 23.9 Å². The minimum absolute atomic E-state index is 0.0240. The molecule has 1 saturated heterocycles. The predicted octanol–water partition coefficient (Wildman–Crippen LogP) is -0.495. The zero-order valence-electron chi connectivity index (χ0n) is 22.3. The summed E-state index contributed by atoms with van der Waals surface area (Å²) < 4.78 is 18.2. The lowest BCUT2D eigenvalue weighted by Gasteiger charge is -2.28. The summed E-state index contributed by atoms with van der Waals surface area (Å²) in [6, 6.07) is -3.54. The van der Waals surface area contributed by atoms with Crippen LogP contribution in [0, 0.1) is 11.8 Å². The van der Waals surface area contributed by atoms with Crippen LogP contribution in [0.15, 0.2) is 23.9 Å². The lowest BCUT2D eigenvalue weighted by Crippen LogP contribution is -2.57. The van der Waals surface area contributed by atoms with Crippen LogP contribution in [0.4, 0.5) is 0 Å². The molecule has 6 atom stereocenters. The van der Waals surface area contributed by atoms with Crippen molar-refractivity contribution < 1.29 is 38.4 Å². The summed E-state index contributed by atoms with van der Waals surface area (Å²) in [5, 5.41) is 20.7. The number of ether oxygens (including phenoxy) is 1. The SMILES string of the molecule is C/C=C1\NC(=O)[C@H]2C[C@@H](O)[S+]([O-])CC/C=C/[C@H](CC(=O)N[C@H](C(C)C)C(=O)N2)OC(=O)C(C(C)C)NC1=O. The maximum atomic E-state index is 13.2. The van der Waals surface area contributed by atoms with Gasteiger partial charge in [0.05, 0.1) is 12.8 Å². The third-order valence-corrected chi connectivity index (χ3v) is 7.57. The number of hydrogen-bond acceptors (Lipinski definition) is 8. The highest BCUT2D eigenvalue weighted by molar-refractivity contribution is 7.91. The highest BCUT2D eigenvalue weighted by Gasteiger charge is 2.36. The smallest absolute Gasteiger partial charge is 0.329 e. The molecular weight excluding hydrogens is 516 g/mol. The Kier molecular flexibility index (Phi) is 11.8. The Morgan fingerprint density at radius 3 is 2.29 bits per heavy atom. The lowest BCUT2D eigenvalue weighted by atomic mass is 10.0. The van der Waals surface area contributed by atoms with Gasteiger partial charge in [0.15, 0.2) is 0 Å². The molecule has 212 valence electrons. The average molecular weight is 555 g/mol. The van der Waals surface area contributed by atoms with E-state index in [1.807, 2.05) is 0 Å². The van der Waals surface area contributed by atoms with Crippen LogP contribution in [0.2, 0.25) is 0 Å². The first-order chi connectivity index (χ1) is 17.8. The second-order valence-corrected chi connectivity index (χ2v) is 11.6. The van der Waals surface area contributed by atoms with Crippen LogP contribution in [-0.4, -0.2) is 74.7 Å². The van der Waals surface area contributed by atoms with Crippen molar-refractivity contribution in [1.82, 2.24) is 21.3 Å². The summed E-state index contributed by atoms with van der Waals surface area (Å²) >= 11 is -1.79. The molecular formula is C25H38N4O8S. The quantitative estimate of drug-likeness (QED) is 0.131. The summed E-state index contributed by atoms with van der Waals surface area (Å²) in [6.45, 7) is 8.30. The molecule has 0 aromatic heterocycles. The molecule has 5 N–H and O–H groups in total. The molecule has 2 bridgehead atoms. The Morgan fingerprint density at radius 1 is 1.03 bits per heavy atom. The number of aliphatic hydroxyl groups is 1. The van der Waals surface area contributed by atoms with E-state index in [4.69, 9.17) is 4.74 Å². The van der Waals surface area contributed by atoms with Crippen LogP contribution in [0.1, 0.15) is 53.9 Å². The van der Waals surface area contributed by atoms with Gasteiger partial charge in [0, 0.05) is 6.42 Å². The van der Waals surface area contributed by atoms with Gasteiger partial charge >= 0.3 is 5.97 Å². The standard InChI is InChI=1S/C25H38N4O8S/c1-6-16-22(32)29-21(14(4)5)25(35)37-15-9-7-8-10-38(36)19(31)12-17(23(33)26-16)27-24(34)20(13(2)3)28-18(30)11-15/h6-7,9,13-15,17,19-21,31H,8,10-12H2,1-5H3,(H,26,33)(H,27,34)(H,28,30)(H,29,32)/b9-7+,16-6-/t15-,17-,19+,20-,21?,38?/m1/s1. The number of esters is 1. The molecule has 2 unspecified atom stereocenters. The number of nitrogens with one attached hydrogen (secondary N) is 4. The fourth-order valence-electron chi connectivity index (χ4n) is 3.89. The summed E-state index contributed by atoms with van der Waals surface area (Å²) in [5.74, 6) is -4.44. The first kappa shape index (κ1) is 31.3. The molecule has 0 spiro atoms. The number of hydrogen-bond donors (Lipinski definition) is 5. The lowest BCUT2D eigenvalue weighted by molar-refractivity contribution is -0.153. The second kappa shape index (κ2) is 14.3. The maximum Gasteiger partial charge on any atom is 0.329 e. The van der Waals surface area contributed by atoms with Gasteiger partial charge in [0.2, 0.25) is 23.2 Å². The number of aliphatic hydroxyl groups excluding tert-OH is 1. The van der Waals surface area contributed by atoms with Crippen LogP contribution in [-0.2, 0) is 39.9 Å². The minimum atomic E-state index is -1.79. The van der Waals surface area contributed by atoms with Crippen molar-refractivity contribution in [2.75, 3.05) is 5.75 Å². The molecule has 4 amide bonds. The Morgan fingerprint density at radius 2 is 1.68 bits per heavy atom. The Labute approximate surface area is 225 Å². The van der Waals surface area contributed by atoms with Gasteiger partial charge in [-0.25, -0.2) is 4.79 Å². The van der Waals surface area contributed by atoms with E-state index in [9.17, 15) is 33.6 Å². The van der Waals surface area contributed by atoms with Crippen molar-refractivity contribution in [2.45, 2.75) is 83.5 Å². The Balaban J connectivity index is 2.64. The highest BCUT2D eigenvalue weighted by atomic mass is 32.2. The molecule has 2 heterocycles. The van der Waals surface area contributed by atoms with E-state index in [0.29, 0.717) is 0 Å². The fourth-order valence-corrected chi connectivity index (χ4v) is 4.94. The summed E-state index contributed by atoms with van der Waals surface area (Å²) in [7, 11) is 0.